The summed E-state index contributed by atoms with van der Waals surface area (Å²) < 4.78 is 0. The second-order valence-corrected chi connectivity index (χ2v) is 3.72. The number of rotatable bonds is 5. The summed E-state index contributed by atoms with van der Waals surface area (Å²) in [5.74, 6) is 0.660. The Morgan fingerprint density at radius 2 is 2.06 bits per heavy atom. The van der Waals surface area contributed by atoms with Crippen molar-refractivity contribution in [3.05, 3.63) is 18.1 Å². The van der Waals surface area contributed by atoms with Gasteiger partial charge in [-0.3, -0.25) is 0 Å². The van der Waals surface area contributed by atoms with Gasteiger partial charge in [-0.25, -0.2) is 9.97 Å². The fourth-order valence-corrected chi connectivity index (χ4v) is 1.49. The van der Waals surface area contributed by atoms with Gasteiger partial charge < -0.3 is 11.1 Å². The standard InChI is InChI=1S/C11H17N5/c1-3-11(4-2,8-13)16-10-7-14-9(5-12)6-15-10/h6-7H,3-4,8,13H2,1-2H3,(H,15,16). The SMILES string of the molecule is CCC(CC)(CN)Nc1cnc(C#N)cn1. The zero-order valence-electron chi connectivity index (χ0n) is 9.70. The Kier molecular flexibility index (Phi) is 4.20. The second-order valence-electron chi connectivity index (χ2n) is 3.72. The van der Waals surface area contributed by atoms with Crippen LogP contribution in [0.1, 0.15) is 32.4 Å². The van der Waals surface area contributed by atoms with Gasteiger partial charge >= 0.3 is 0 Å². The van der Waals surface area contributed by atoms with Crippen molar-refractivity contribution < 1.29 is 0 Å². The highest BCUT2D eigenvalue weighted by Crippen LogP contribution is 2.19. The fourth-order valence-electron chi connectivity index (χ4n) is 1.49. The van der Waals surface area contributed by atoms with Crippen LogP contribution in [0, 0.1) is 11.3 Å². The zero-order chi connectivity index (χ0) is 12.0. The van der Waals surface area contributed by atoms with E-state index in [0.29, 0.717) is 18.1 Å². The molecule has 0 aliphatic carbocycles. The number of anilines is 1. The highest BCUT2D eigenvalue weighted by Gasteiger charge is 2.24. The van der Waals surface area contributed by atoms with E-state index in [4.69, 9.17) is 11.0 Å². The van der Waals surface area contributed by atoms with Gasteiger partial charge in [0.2, 0.25) is 0 Å². The summed E-state index contributed by atoms with van der Waals surface area (Å²) in [6, 6.07) is 1.93. The first-order chi connectivity index (χ1) is 7.69. The van der Waals surface area contributed by atoms with Gasteiger partial charge in [0.15, 0.2) is 5.69 Å². The van der Waals surface area contributed by atoms with Gasteiger partial charge in [-0.05, 0) is 12.8 Å². The Balaban J connectivity index is 2.82. The summed E-state index contributed by atoms with van der Waals surface area (Å²) in [5, 5.41) is 11.9. The van der Waals surface area contributed by atoms with E-state index in [2.05, 4.69) is 29.1 Å². The molecule has 5 nitrogen and oxygen atoms in total. The molecule has 5 heteroatoms. The molecule has 1 heterocycles. The van der Waals surface area contributed by atoms with Gasteiger partial charge in [0.05, 0.1) is 17.9 Å². The van der Waals surface area contributed by atoms with Gasteiger partial charge in [-0.2, -0.15) is 5.26 Å². The van der Waals surface area contributed by atoms with E-state index in [1.54, 1.807) is 6.20 Å². The van der Waals surface area contributed by atoms with E-state index >= 15 is 0 Å². The van der Waals surface area contributed by atoms with E-state index < -0.39 is 0 Å². The summed E-state index contributed by atoms with van der Waals surface area (Å²) in [4.78, 5) is 8.08. The maximum absolute atomic E-state index is 8.61. The number of aromatic nitrogens is 2. The number of hydrogen-bond donors (Lipinski definition) is 2. The lowest BCUT2D eigenvalue weighted by Crippen LogP contribution is -2.44. The van der Waals surface area contributed by atoms with E-state index in [0.717, 1.165) is 12.8 Å². The first-order valence-electron chi connectivity index (χ1n) is 5.40. The highest BCUT2D eigenvalue weighted by atomic mass is 15.1. The zero-order valence-corrected chi connectivity index (χ0v) is 9.70. The Hall–Kier alpha value is -1.67. The maximum Gasteiger partial charge on any atom is 0.158 e. The Morgan fingerprint density at radius 1 is 1.38 bits per heavy atom. The molecule has 0 saturated carbocycles. The van der Waals surface area contributed by atoms with E-state index in [9.17, 15) is 0 Å². The molecule has 86 valence electrons. The van der Waals surface area contributed by atoms with Crippen LogP contribution in [0.4, 0.5) is 5.82 Å². The lowest BCUT2D eigenvalue weighted by Gasteiger charge is -2.31. The van der Waals surface area contributed by atoms with Crippen molar-refractivity contribution in [2.24, 2.45) is 5.73 Å². The predicted octanol–water partition coefficient (Wildman–Crippen LogP) is 1.28. The molecular formula is C11H17N5. The van der Waals surface area contributed by atoms with Crippen molar-refractivity contribution in [2.75, 3.05) is 11.9 Å². The van der Waals surface area contributed by atoms with Crippen LogP contribution >= 0.6 is 0 Å². The topological polar surface area (TPSA) is 87.6 Å². The number of hydrogen-bond acceptors (Lipinski definition) is 5. The third kappa shape index (κ3) is 2.67. The van der Waals surface area contributed by atoms with Crippen LogP contribution in [0.3, 0.4) is 0 Å². The number of nitrogens with two attached hydrogens (primary N) is 1. The molecule has 16 heavy (non-hydrogen) atoms. The Bertz CT molecular complexity index is 353. The van der Waals surface area contributed by atoms with Crippen molar-refractivity contribution in [2.45, 2.75) is 32.2 Å². The summed E-state index contributed by atoms with van der Waals surface area (Å²) in [6.07, 6.45) is 4.85. The summed E-state index contributed by atoms with van der Waals surface area (Å²) in [5.41, 5.74) is 5.95. The van der Waals surface area contributed by atoms with E-state index in [1.165, 1.54) is 6.20 Å². The number of nitriles is 1. The van der Waals surface area contributed by atoms with Gasteiger partial charge in [0.1, 0.15) is 11.9 Å². The molecule has 0 fully saturated rings. The van der Waals surface area contributed by atoms with Gasteiger partial charge in [-0.1, -0.05) is 13.8 Å². The van der Waals surface area contributed by atoms with Crippen LogP contribution in [0.15, 0.2) is 12.4 Å². The molecular weight excluding hydrogens is 202 g/mol. The van der Waals surface area contributed by atoms with Crippen molar-refractivity contribution in [3.8, 4) is 6.07 Å². The molecule has 0 aliphatic rings. The monoisotopic (exact) mass is 219 g/mol. The summed E-state index contributed by atoms with van der Waals surface area (Å²) in [6.45, 7) is 4.71. The van der Waals surface area contributed by atoms with Gasteiger partial charge in [0.25, 0.3) is 0 Å². The fraction of sp³-hybridized carbons (Fsp3) is 0.545. The number of nitrogens with one attached hydrogen (secondary N) is 1. The Morgan fingerprint density at radius 3 is 2.44 bits per heavy atom. The van der Waals surface area contributed by atoms with Gasteiger partial charge in [-0.15, -0.1) is 0 Å². The first kappa shape index (κ1) is 12.4. The van der Waals surface area contributed by atoms with E-state index in [1.807, 2.05) is 6.07 Å². The smallest absolute Gasteiger partial charge is 0.158 e. The molecule has 0 aromatic carbocycles. The minimum absolute atomic E-state index is 0.136. The number of nitrogens with zero attached hydrogens (tertiary/aromatic N) is 3. The molecule has 3 N–H and O–H groups in total. The van der Waals surface area contributed by atoms with Crippen molar-refractivity contribution in [1.82, 2.24) is 9.97 Å². The molecule has 0 atom stereocenters. The molecule has 0 unspecified atom stereocenters. The molecule has 1 aromatic rings. The predicted molar refractivity (Wildman–Crippen MR) is 62.7 cm³/mol. The average Bonchev–Trinajstić information content (AvgIpc) is 2.37. The quantitative estimate of drug-likeness (QED) is 0.778. The van der Waals surface area contributed by atoms with Crippen molar-refractivity contribution in [3.63, 3.8) is 0 Å². The molecule has 0 aliphatic heterocycles. The molecule has 0 radical (unpaired) electrons. The van der Waals surface area contributed by atoms with Crippen LogP contribution in [0.5, 0.6) is 0 Å². The minimum atomic E-state index is -0.136. The maximum atomic E-state index is 8.61. The molecule has 0 amide bonds. The normalized spacial score (nSPS) is 10.9. The van der Waals surface area contributed by atoms with Gasteiger partial charge in [0, 0.05) is 6.54 Å². The Labute approximate surface area is 95.7 Å². The van der Waals surface area contributed by atoms with Crippen LogP contribution in [-0.2, 0) is 0 Å². The molecule has 1 rings (SSSR count). The van der Waals surface area contributed by atoms with Crippen LogP contribution < -0.4 is 11.1 Å². The lowest BCUT2D eigenvalue weighted by atomic mass is 9.93. The summed E-state index contributed by atoms with van der Waals surface area (Å²) >= 11 is 0. The third-order valence-electron chi connectivity index (χ3n) is 2.90. The van der Waals surface area contributed by atoms with Crippen molar-refractivity contribution in [1.29, 1.82) is 5.26 Å². The van der Waals surface area contributed by atoms with E-state index in [-0.39, 0.29) is 5.54 Å². The van der Waals surface area contributed by atoms with Crippen LogP contribution in [0.2, 0.25) is 0 Å². The third-order valence-corrected chi connectivity index (χ3v) is 2.90. The largest absolute Gasteiger partial charge is 0.362 e. The lowest BCUT2D eigenvalue weighted by molar-refractivity contribution is 0.443. The average molecular weight is 219 g/mol. The van der Waals surface area contributed by atoms with Crippen molar-refractivity contribution >= 4 is 5.82 Å². The first-order valence-corrected chi connectivity index (χ1v) is 5.40. The second kappa shape index (κ2) is 5.42. The highest BCUT2D eigenvalue weighted by molar-refractivity contribution is 5.36. The molecule has 0 bridgehead atoms. The van der Waals surface area contributed by atoms with Crippen LogP contribution in [-0.4, -0.2) is 22.1 Å². The molecule has 0 saturated heterocycles. The minimum Gasteiger partial charge on any atom is -0.362 e. The molecule has 0 spiro atoms. The van der Waals surface area contributed by atoms with Crippen LogP contribution in [0.25, 0.3) is 0 Å². The summed E-state index contributed by atoms with van der Waals surface area (Å²) in [7, 11) is 0. The molecule has 1 aromatic heterocycles.